The lowest BCUT2D eigenvalue weighted by Gasteiger charge is -1.88. The molecule has 0 aromatic carbocycles. The van der Waals surface area contributed by atoms with Gasteiger partial charge in [-0.15, -0.1) is 0 Å². The normalized spacial score (nSPS) is 17.2. The molecule has 0 aromatic rings. The Labute approximate surface area is 52.3 Å². The average molecular weight is 157 g/mol. The maximum atomic E-state index is 10.3. The molecule has 0 aliphatic rings. The van der Waals surface area contributed by atoms with Crippen LogP contribution in [0.2, 0.25) is 0 Å². The molecule has 0 spiro atoms. The van der Waals surface area contributed by atoms with Crippen molar-refractivity contribution in [3.8, 4) is 0 Å². The number of hydrogen-bond donors (Lipinski definition) is 3. The maximum Gasteiger partial charge on any atom is 0.754 e. The summed E-state index contributed by atoms with van der Waals surface area (Å²) in [5, 5.41) is 0. The topological polar surface area (TPSA) is 111 Å². The SMILES string of the molecule is NCC[O+]P(=O)(O)O[NH3+]. The van der Waals surface area contributed by atoms with E-state index in [1.807, 2.05) is 0 Å². The van der Waals surface area contributed by atoms with Crippen LogP contribution in [0, 0.1) is 0 Å². The first-order valence-corrected chi connectivity index (χ1v) is 3.73. The summed E-state index contributed by atoms with van der Waals surface area (Å²) in [6, 6.07) is 0. The van der Waals surface area contributed by atoms with Crippen molar-refractivity contribution in [2.45, 2.75) is 0 Å². The zero-order valence-corrected chi connectivity index (χ0v) is 5.71. The van der Waals surface area contributed by atoms with Gasteiger partial charge in [0, 0.05) is 0 Å². The van der Waals surface area contributed by atoms with Crippen LogP contribution in [0.5, 0.6) is 0 Å². The summed E-state index contributed by atoms with van der Waals surface area (Å²) in [5.41, 5.74) is 4.96. The number of quaternary nitrogens is 1. The number of phosphoric acid groups is 1. The Hall–Kier alpha value is 0.0300. The number of nitrogens with two attached hydrogens (primary N) is 1. The van der Waals surface area contributed by atoms with Gasteiger partial charge in [-0.1, -0.05) is 0 Å². The van der Waals surface area contributed by atoms with Crippen molar-refractivity contribution in [3.63, 3.8) is 0 Å². The van der Waals surface area contributed by atoms with Crippen molar-refractivity contribution in [2.75, 3.05) is 13.2 Å². The Morgan fingerprint density at radius 2 is 2.44 bits per heavy atom. The highest BCUT2D eigenvalue weighted by Crippen LogP contribution is 2.39. The third-order valence-corrected chi connectivity index (χ3v) is 1.37. The zero-order chi connectivity index (χ0) is 7.33. The minimum Gasteiger partial charge on any atom is -0.324 e. The molecule has 0 saturated carbocycles. The van der Waals surface area contributed by atoms with E-state index in [0.717, 1.165) is 0 Å². The molecule has 1 radical (unpaired) electrons. The highest BCUT2D eigenvalue weighted by atomic mass is 31.2. The molecule has 0 aliphatic carbocycles. The number of phosphoric ester groups is 1. The summed E-state index contributed by atoms with van der Waals surface area (Å²) in [4.78, 5) is 8.45. The molecule has 6 nitrogen and oxygen atoms in total. The third-order valence-electron chi connectivity index (χ3n) is 0.535. The van der Waals surface area contributed by atoms with E-state index in [-0.39, 0.29) is 13.2 Å². The van der Waals surface area contributed by atoms with Crippen molar-refractivity contribution in [2.24, 2.45) is 5.73 Å². The van der Waals surface area contributed by atoms with E-state index in [1.165, 1.54) is 0 Å². The number of hydrogen-bond acceptors (Lipinski definition) is 4. The predicted octanol–water partition coefficient (Wildman–Crippen LogP) is -1.76. The van der Waals surface area contributed by atoms with Gasteiger partial charge in [0.05, 0.1) is 6.54 Å². The van der Waals surface area contributed by atoms with Crippen LogP contribution in [-0.4, -0.2) is 18.0 Å². The first kappa shape index (κ1) is 9.03. The van der Waals surface area contributed by atoms with Crippen molar-refractivity contribution in [3.05, 3.63) is 0 Å². The van der Waals surface area contributed by atoms with Gasteiger partial charge >= 0.3 is 7.82 Å². The molecule has 0 heterocycles. The molecular weight excluding hydrogens is 147 g/mol. The maximum absolute atomic E-state index is 10.3. The van der Waals surface area contributed by atoms with Gasteiger partial charge in [-0.05, 0) is 9.15 Å². The first-order chi connectivity index (χ1) is 4.12. The summed E-state index contributed by atoms with van der Waals surface area (Å²) >= 11 is 0. The quantitative estimate of drug-likeness (QED) is 0.254. The van der Waals surface area contributed by atoms with Gasteiger partial charge in [-0.3, -0.25) is 4.89 Å². The molecule has 7 heteroatoms. The fraction of sp³-hybridized carbons (Fsp3) is 1.00. The second-order valence-corrected chi connectivity index (χ2v) is 2.67. The van der Waals surface area contributed by atoms with Crippen LogP contribution in [0.15, 0.2) is 0 Å². The van der Waals surface area contributed by atoms with Gasteiger partial charge < -0.3 is 5.73 Å². The Morgan fingerprint density at radius 1 is 1.89 bits per heavy atom. The second-order valence-electron chi connectivity index (χ2n) is 1.22. The monoisotopic (exact) mass is 157 g/mol. The van der Waals surface area contributed by atoms with Crippen LogP contribution in [-0.2, 0) is 13.7 Å². The molecule has 9 heavy (non-hydrogen) atoms. The Bertz CT molecular complexity index is 117. The Kier molecular flexibility index (Phi) is 3.96. The van der Waals surface area contributed by atoms with Gasteiger partial charge in [-0.25, -0.2) is 0 Å². The zero-order valence-electron chi connectivity index (χ0n) is 4.82. The fourth-order valence-corrected chi connectivity index (χ4v) is 0.616. The molecular formula is C2H10N2O4P+2. The largest absolute Gasteiger partial charge is 0.754 e. The summed E-state index contributed by atoms with van der Waals surface area (Å²) < 4.78 is 18.4. The van der Waals surface area contributed by atoms with Crippen LogP contribution >= 0.6 is 7.82 Å². The number of rotatable bonds is 4. The van der Waals surface area contributed by atoms with Crippen LogP contribution in [0.1, 0.15) is 0 Å². The first-order valence-electron chi connectivity index (χ1n) is 2.23. The van der Waals surface area contributed by atoms with Crippen LogP contribution in [0.4, 0.5) is 0 Å². The van der Waals surface area contributed by atoms with Gasteiger partial charge in [-0.2, -0.15) is 10.5 Å². The lowest BCUT2D eigenvalue weighted by Crippen LogP contribution is -2.47. The van der Waals surface area contributed by atoms with Crippen molar-refractivity contribution in [1.82, 2.24) is 0 Å². The minimum atomic E-state index is -3.88. The lowest BCUT2D eigenvalue weighted by molar-refractivity contribution is -0.643. The van der Waals surface area contributed by atoms with Gasteiger partial charge in [0.2, 0.25) is 6.61 Å². The Morgan fingerprint density at radius 3 is 2.78 bits per heavy atom. The van der Waals surface area contributed by atoms with Crippen LogP contribution in [0.25, 0.3) is 0 Å². The Balaban J connectivity index is 3.46. The van der Waals surface area contributed by atoms with E-state index in [9.17, 15) is 4.57 Å². The molecule has 0 saturated heterocycles. The van der Waals surface area contributed by atoms with E-state index in [1.54, 1.807) is 0 Å². The molecule has 0 rings (SSSR count). The van der Waals surface area contributed by atoms with Gasteiger partial charge in [0.1, 0.15) is 0 Å². The van der Waals surface area contributed by atoms with Crippen molar-refractivity contribution < 1.29 is 24.5 Å². The minimum absolute atomic E-state index is 0.0106. The van der Waals surface area contributed by atoms with E-state index >= 15 is 0 Å². The highest BCUT2D eigenvalue weighted by molar-refractivity contribution is 7.47. The predicted molar refractivity (Wildman–Crippen MR) is 28.8 cm³/mol. The molecule has 0 aromatic heterocycles. The highest BCUT2D eigenvalue weighted by Gasteiger charge is 2.38. The van der Waals surface area contributed by atoms with E-state index in [0.29, 0.717) is 0 Å². The molecule has 55 valence electrons. The molecule has 0 bridgehead atoms. The van der Waals surface area contributed by atoms with Crippen LogP contribution in [0.3, 0.4) is 0 Å². The molecule has 0 fully saturated rings. The molecule has 0 amide bonds. The molecule has 0 aliphatic heterocycles. The molecule has 1 atom stereocenters. The van der Waals surface area contributed by atoms with Gasteiger partial charge in [0.25, 0.3) is 0 Å². The van der Waals surface area contributed by atoms with Crippen molar-refractivity contribution in [1.29, 1.82) is 0 Å². The summed E-state index contributed by atoms with van der Waals surface area (Å²) in [6.45, 7) is 0.164. The molecule has 6 N–H and O–H groups in total. The van der Waals surface area contributed by atoms with E-state index in [2.05, 4.69) is 15.0 Å². The fourth-order valence-electron chi connectivity index (χ4n) is 0.205. The van der Waals surface area contributed by atoms with Crippen LogP contribution < -0.4 is 11.6 Å². The molecule has 1 unspecified atom stereocenters. The smallest absolute Gasteiger partial charge is 0.324 e. The summed E-state index contributed by atoms with van der Waals surface area (Å²) in [7, 11) is -3.88. The van der Waals surface area contributed by atoms with E-state index < -0.39 is 7.82 Å². The standard InChI is InChI=1S/C2H9N2O4P/c3-1-2-7-9(5,6)8-4/h1-3H2,4H3/q+1/p+1. The van der Waals surface area contributed by atoms with Gasteiger partial charge in [0.15, 0.2) is 0 Å². The lowest BCUT2D eigenvalue weighted by atomic mass is 10.8. The van der Waals surface area contributed by atoms with E-state index in [4.69, 9.17) is 10.6 Å². The average Bonchev–Trinajstić information content (AvgIpc) is 1.84. The summed E-state index contributed by atoms with van der Waals surface area (Å²) in [6.07, 6.45) is 0. The van der Waals surface area contributed by atoms with Crippen molar-refractivity contribution >= 4 is 7.82 Å². The third kappa shape index (κ3) is 4.53. The summed E-state index contributed by atoms with van der Waals surface area (Å²) in [5.74, 6) is 2.73. The second kappa shape index (κ2) is 3.94.